The van der Waals surface area contributed by atoms with Gasteiger partial charge in [0.05, 0.1) is 0 Å². The summed E-state index contributed by atoms with van der Waals surface area (Å²) < 4.78 is 0. The molecule has 3 aromatic carbocycles. The van der Waals surface area contributed by atoms with Crippen LogP contribution in [0.5, 0.6) is 0 Å². The Morgan fingerprint density at radius 2 is 1.46 bits per heavy atom. The van der Waals surface area contributed by atoms with Gasteiger partial charge in [-0.2, -0.15) is 0 Å². The zero-order chi connectivity index (χ0) is 18.2. The summed E-state index contributed by atoms with van der Waals surface area (Å²) in [6.07, 6.45) is 2.52. The van der Waals surface area contributed by atoms with Crippen molar-refractivity contribution in [3.8, 4) is 11.8 Å². The number of allylic oxidation sites excluding steroid dienone is 1. The van der Waals surface area contributed by atoms with Crippen molar-refractivity contribution in [2.75, 3.05) is 0 Å². The molecule has 0 aliphatic carbocycles. The van der Waals surface area contributed by atoms with Crippen LogP contribution < -0.4 is 0 Å². The summed E-state index contributed by atoms with van der Waals surface area (Å²) in [6.45, 7) is 0. The maximum absolute atomic E-state index is 12.3. The number of hydrogen-bond donors (Lipinski definition) is 1. The van der Waals surface area contributed by atoms with Gasteiger partial charge in [-0.05, 0) is 35.4 Å². The van der Waals surface area contributed by atoms with Crippen molar-refractivity contribution in [3.63, 3.8) is 0 Å². The van der Waals surface area contributed by atoms with Gasteiger partial charge >= 0.3 is 0 Å². The number of aliphatic hydroxyl groups is 1. The number of carbonyl (C=O) groups is 1. The molecule has 3 rings (SSSR count). The molecule has 0 heterocycles. The first-order chi connectivity index (χ1) is 12.7. The van der Waals surface area contributed by atoms with Crippen molar-refractivity contribution in [1.29, 1.82) is 0 Å². The average Bonchev–Trinajstić information content (AvgIpc) is 2.72. The van der Waals surface area contributed by atoms with E-state index in [1.807, 2.05) is 54.6 Å². The van der Waals surface area contributed by atoms with Crippen molar-refractivity contribution in [2.24, 2.45) is 0 Å². The highest BCUT2D eigenvalue weighted by Crippen LogP contribution is 2.19. The largest absolute Gasteiger partial charge is 0.380 e. The smallest absolute Gasteiger partial charge is 0.195 e. The van der Waals surface area contributed by atoms with Crippen LogP contribution in [0.3, 0.4) is 0 Å². The van der Waals surface area contributed by atoms with Gasteiger partial charge in [-0.1, -0.05) is 84.6 Å². The number of hydrogen-bond acceptors (Lipinski definition) is 2. The fraction of sp³-hybridized carbons (Fsp3) is 0.0417. The SMILES string of the molecule is O=C(c1ccccc1)C(O)c1ccc(/C=C/C#Cc2ccccc2)cc1. The third-order valence-electron chi connectivity index (χ3n) is 3.91. The highest BCUT2D eigenvalue weighted by molar-refractivity contribution is 5.99. The summed E-state index contributed by atoms with van der Waals surface area (Å²) in [5, 5.41) is 10.3. The van der Waals surface area contributed by atoms with Crippen LogP contribution in [-0.2, 0) is 0 Å². The van der Waals surface area contributed by atoms with Crippen LogP contribution in [0.4, 0.5) is 0 Å². The summed E-state index contributed by atoms with van der Waals surface area (Å²) >= 11 is 0. The van der Waals surface area contributed by atoms with Crippen LogP contribution in [0.1, 0.15) is 33.2 Å². The zero-order valence-electron chi connectivity index (χ0n) is 14.2. The van der Waals surface area contributed by atoms with E-state index in [1.165, 1.54) is 0 Å². The fourth-order valence-corrected chi connectivity index (χ4v) is 2.49. The molecular weight excluding hydrogens is 320 g/mol. The third-order valence-corrected chi connectivity index (χ3v) is 3.91. The molecule has 0 amide bonds. The Hall–Kier alpha value is -3.41. The summed E-state index contributed by atoms with van der Waals surface area (Å²) in [7, 11) is 0. The van der Waals surface area contributed by atoms with Crippen LogP contribution in [0, 0.1) is 11.8 Å². The molecule has 1 unspecified atom stereocenters. The van der Waals surface area contributed by atoms with Crippen molar-refractivity contribution in [2.45, 2.75) is 6.10 Å². The third kappa shape index (κ3) is 4.57. The van der Waals surface area contributed by atoms with E-state index in [1.54, 1.807) is 42.5 Å². The molecule has 26 heavy (non-hydrogen) atoms. The Morgan fingerprint density at radius 3 is 2.12 bits per heavy atom. The van der Waals surface area contributed by atoms with Crippen molar-refractivity contribution in [1.82, 2.24) is 0 Å². The number of carbonyl (C=O) groups excluding carboxylic acids is 1. The molecular formula is C24H18O2. The minimum absolute atomic E-state index is 0.303. The van der Waals surface area contributed by atoms with Gasteiger partial charge < -0.3 is 5.11 Å². The van der Waals surface area contributed by atoms with Crippen molar-refractivity contribution in [3.05, 3.63) is 113 Å². The fourth-order valence-electron chi connectivity index (χ4n) is 2.49. The Balaban J connectivity index is 1.66. The second kappa shape index (κ2) is 8.62. The van der Waals surface area contributed by atoms with E-state index in [4.69, 9.17) is 0 Å². The van der Waals surface area contributed by atoms with Crippen molar-refractivity contribution >= 4 is 11.9 Å². The van der Waals surface area contributed by atoms with E-state index in [2.05, 4.69) is 11.8 Å². The molecule has 0 radical (unpaired) electrons. The minimum Gasteiger partial charge on any atom is -0.380 e. The number of benzene rings is 3. The van der Waals surface area contributed by atoms with E-state index >= 15 is 0 Å². The van der Waals surface area contributed by atoms with E-state index in [0.29, 0.717) is 11.1 Å². The minimum atomic E-state index is -1.16. The standard InChI is InChI=1S/C24H18O2/c25-23(21-13-5-2-6-14-21)24(26)22-17-15-20(16-18-22)12-8-7-11-19-9-3-1-4-10-19/h1-6,8-10,12-18,24,26H/b12-8+. The molecule has 0 spiro atoms. The van der Waals surface area contributed by atoms with Crippen LogP contribution in [0.25, 0.3) is 6.08 Å². The molecule has 0 saturated carbocycles. The van der Waals surface area contributed by atoms with Crippen LogP contribution >= 0.6 is 0 Å². The van der Waals surface area contributed by atoms with E-state index in [9.17, 15) is 9.90 Å². The van der Waals surface area contributed by atoms with Crippen LogP contribution in [0.2, 0.25) is 0 Å². The first-order valence-electron chi connectivity index (χ1n) is 8.34. The van der Waals surface area contributed by atoms with Gasteiger partial charge in [-0.25, -0.2) is 0 Å². The molecule has 2 nitrogen and oxygen atoms in total. The molecule has 0 aliphatic heterocycles. The van der Waals surface area contributed by atoms with E-state index in [-0.39, 0.29) is 5.78 Å². The lowest BCUT2D eigenvalue weighted by molar-refractivity contribution is 0.0747. The zero-order valence-corrected chi connectivity index (χ0v) is 14.2. The van der Waals surface area contributed by atoms with Gasteiger partial charge in [0.25, 0.3) is 0 Å². The molecule has 126 valence electrons. The first-order valence-corrected chi connectivity index (χ1v) is 8.34. The number of rotatable bonds is 4. The molecule has 0 saturated heterocycles. The Kier molecular flexibility index (Phi) is 5.77. The molecule has 2 heteroatoms. The maximum atomic E-state index is 12.3. The second-order valence-electron chi connectivity index (χ2n) is 5.77. The lowest BCUT2D eigenvalue weighted by Crippen LogP contribution is -2.12. The Labute approximate surface area is 153 Å². The monoisotopic (exact) mass is 338 g/mol. The topological polar surface area (TPSA) is 37.3 Å². The van der Waals surface area contributed by atoms with Crippen LogP contribution in [-0.4, -0.2) is 10.9 Å². The molecule has 1 N–H and O–H groups in total. The molecule has 0 fully saturated rings. The number of ketones is 1. The maximum Gasteiger partial charge on any atom is 0.195 e. The molecule has 0 bridgehead atoms. The summed E-state index contributed by atoms with van der Waals surface area (Å²) in [4.78, 5) is 12.3. The predicted molar refractivity (Wildman–Crippen MR) is 105 cm³/mol. The highest BCUT2D eigenvalue weighted by Gasteiger charge is 2.18. The molecule has 3 aromatic rings. The number of aliphatic hydroxyl groups excluding tert-OH is 1. The molecule has 0 aliphatic rings. The Bertz CT molecular complexity index is 944. The first kappa shape index (κ1) is 17.4. The summed E-state index contributed by atoms with van der Waals surface area (Å²) in [5.41, 5.74) is 3.00. The van der Waals surface area contributed by atoms with Gasteiger partial charge in [0.2, 0.25) is 0 Å². The summed E-state index contributed by atoms with van der Waals surface area (Å²) in [5.74, 6) is 5.75. The normalized spacial score (nSPS) is 11.6. The van der Waals surface area contributed by atoms with Gasteiger partial charge in [-0.3, -0.25) is 4.79 Å². The molecule has 1 atom stereocenters. The lowest BCUT2D eigenvalue weighted by atomic mass is 9.99. The lowest BCUT2D eigenvalue weighted by Gasteiger charge is -2.10. The second-order valence-corrected chi connectivity index (χ2v) is 5.77. The summed E-state index contributed by atoms with van der Waals surface area (Å²) in [6, 6.07) is 25.8. The quantitative estimate of drug-likeness (QED) is 0.554. The highest BCUT2D eigenvalue weighted by atomic mass is 16.3. The van der Waals surface area contributed by atoms with Crippen LogP contribution in [0.15, 0.2) is 91.0 Å². The van der Waals surface area contributed by atoms with Gasteiger partial charge in [0.1, 0.15) is 6.10 Å². The molecule has 0 aromatic heterocycles. The Morgan fingerprint density at radius 1 is 0.846 bits per heavy atom. The average molecular weight is 338 g/mol. The number of Topliss-reactive ketones (excluding diaryl/α,β-unsaturated/α-hetero) is 1. The van der Waals surface area contributed by atoms with Crippen molar-refractivity contribution < 1.29 is 9.90 Å². The van der Waals surface area contributed by atoms with E-state index < -0.39 is 6.10 Å². The van der Waals surface area contributed by atoms with Gasteiger partial charge in [0.15, 0.2) is 5.78 Å². The predicted octanol–water partition coefficient (Wildman–Crippen LogP) is 4.67. The van der Waals surface area contributed by atoms with E-state index in [0.717, 1.165) is 11.1 Å². The van der Waals surface area contributed by atoms with Gasteiger partial charge in [0, 0.05) is 11.1 Å². The van der Waals surface area contributed by atoms with Gasteiger partial charge in [-0.15, -0.1) is 0 Å².